The Bertz CT molecular complexity index is 376. The van der Waals surface area contributed by atoms with Gasteiger partial charge in [0.05, 0.1) is 16.6 Å². The molecule has 0 spiro atoms. The molecule has 1 aliphatic rings. The van der Waals surface area contributed by atoms with E-state index in [2.05, 4.69) is 15.9 Å². The molecule has 2 rings (SSSR count). The number of ketones is 1. The van der Waals surface area contributed by atoms with E-state index >= 15 is 0 Å². The van der Waals surface area contributed by atoms with Gasteiger partial charge in [0, 0.05) is 6.42 Å². The molecule has 1 aromatic carbocycles. The van der Waals surface area contributed by atoms with Gasteiger partial charge in [0.15, 0.2) is 5.78 Å². The molecule has 0 fully saturated rings. The summed E-state index contributed by atoms with van der Waals surface area (Å²) in [7, 11) is 0. The van der Waals surface area contributed by atoms with Crippen molar-refractivity contribution in [3.63, 3.8) is 0 Å². The summed E-state index contributed by atoms with van der Waals surface area (Å²) in [6.45, 7) is 0.327. The van der Waals surface area contributed by atoms with Crippen LogP contribution in [-0.4, -0.2) is 12.4 Å². The Morgan fingerprint density at radius 1 is 1.46 bits per heavy atom. The van der Waals surface area contributed by atoms with Gasteiger partial charge in [-0.25, -0.2) is 4.39 Å². The van der Waals surface area contributed by atoms with Crippen LogP contribution in [0.3, 0.4) is 0 Å². The van der Waals surface area contributed by atoms with Crippen molar-refractivity contribution in [2.75, 3.05) is 6.61 Å². The quantitative estimate of drug-likeness (QED) is 0.702. The maximum atomic E-state index is 13.0. The summed E-state index contributed by atoms with van der Waals surface area (Å²) >= 11 is 3.04. The highest BCUT2D eigenvalue weighted by atomic mass is 79.9. The fourth-order valence-corrected chi connectivity index (χ4v) is 1.73. The summed E-state index contributed by atoms with van der Waals surface area (Å²) in [6, 6.07) is 2.71. The molecule has 0 bridgehead atoms. The first-order valence-electron chi connectivity index (χ1n) is 3.84. The van der Waals surface area contributed by atoms with Crippen molar-refractivity contribution in [3.05, 3.63) is 28.0 Å². The minimum Gasteiger partial charge on any atom is -0.491 e. The molecule has 0 atom stereocenters. The number of Topliss-reactive ketones (excluding diaryl/α,β-unsaturated/α-hetero) is 1. The van der Waals surface area contributed by atoms with E-state index in [1.165, 1.54) is 12.1 Å². The first kappa shape index (κ1) is 8.69. The van der Waals surface area contributed by atoms with Crippen LogP contribution in [0.25, 0.3) is 0 Å². The number of fused-ring (bicyclic) bond motifs is 1. The number of hydrogen-bond donors (Lipinski definition) is 0. The van der Waals surface area contributed by atoms with Crippen molar-refractivity contribution >= 4 is 21.7 Å². The summed E-state index contributed by atoms with van der Waals surface area (Å²) in [4.78, 5) is 11.3. The van der Waals surface area contributed by atoms with Crippen molar-refractivity contribution in [2.45, 2.75) is 6.42 Å². The van der Waals surface area contributed by atoms with Gasteiger partial charge in [0.2, 0.25) is 0 Å². The van der Waals surface area contributed by atoms with Crippen LogP contribution in [0.4, 0.5) is 4.39 Å². The van der Waals surface area contributed by atoms with E-state index in [9.17, 15) is 9.18 Å². The first-order valence-corrected chi connectivity index (χ1v) is 4.63. The van der Waals surface area contributed by atoms with Gasteiger partial charge in [0.25, 0.3) is 0 Å². The van der Waals surface area contributed by atoms with Gasteiger partial charge in [-0.1, -0.05) is 0 Å². The molecule has 0 N–H and O–H groups in total. The van der Waals surface area contributed by atoms with E-state index in [1.54, 1.807) is 0 Å². The highest BCUT2D eigenvalue weighted by molar-refractivity contribution is 9.10. The molecule has 0 aliphatic carbocycles. The normalized spacial score (nSPS) is 15.1. The molecule has 0 unspecified atom stereocenters. The van der Waals surface area contributed by atoms with E-state index in [-0.39, 0.29) is 10.3 Å². The van der Waals surface area contributed by atoms with Gasteiger partial charge in [-0.15, -0.1) is 0 Å². The largest absolute Gasteiger partial charge is 0.491 e. The van der Waals surface area contributed by atoms with Crippen LogP contribution >= 0.6 is 15.9 Å². The Balaban J connectivity index is 2.63. The first-order chi connectivity index (χ1) is 6.20. The summed E-state index contributed by atoms with van der Waals surface area (Å²) in [6.07, 6.45) is 0.366. The molecule has 1 aliphatic heterocycles. The maximum absolute atomic E-state index is 13.0. The lowest BCUT2D eigenvalue weighted by molar-refractivity contribution is 0.0932. The van der Waals surface area contributed by atoms with Crippen LogP contribution in [0, 0.1) is 5.82 Å². The summed E-state index contributed by atoms with van der Waals surface area (Å²) < 4.78 is 18.4. The zero-order chi connectivity index (χ0) is 9.42. The zero-order valence-corrected chi connectivity index (χ0v) is 8.23. The van der Waals surface area contributed by atoms with E-state index < -0.39 is 5.82 Å². The lowest BCUT2D eigenvalue weighted by Crippen LogP contribution is -2.15. The minimum atomic E-state index is -0.409. The van der Waals surface area contributed by atoms with Crippen molar-refractivity contribution in [1.82, 2.24) is 0 Å². The molecular formula is C9H6BrFO2. The van der Waals surface area contributed by atoms with E-state index in [0.717, 1.165) is 0 Å². The molecule has 0 saturated carbocycles. The molecule has 1 aromatic rings. The Kier molecular flexibility index (Phi) is 2.07. The standard InChI is InChI=1S/C9H6BrFO2/c10-8-6(11)2-1-5-7(12)3-4-13-9(5)8/h1-2H,3-4H2. The number of carbonyl (C=O) groups excluding carboxylic acids is 1. The number of benzene rings is 1. The molecule has 13 heavy (non-hydrogen) atoms. The number of carbonyl (C=O) groups is 1. The van der Waals surface area contributed by atoms with Crippen LogP contribution in [-0.2, 0) is 0 Å². The fraction of sp³-hybridized carbons (Fsp3) is 0.222. The number of ether oxygens (including phenoxy) is 1. The molecule has 0 aromatic heterocycles. The monoisotopic (exact) mass is 244 g/mol. The smallest absolute Gasteiger partial charge is 0.170 e. The van der Waals surface area contributed by atoms with Crippen LogP contribution in [0.5, 0.6) is 5.75 Å². The predicted octanol–water partition coefficient (Wildman–Crippen LogP) is 2.55. The third kappa shape index (κ3) is 1.35. The number of hydrogen-bond acceptors (Lipinski definition) is 2. The van der Waals surface area contributed by atoms with Crippen LogP contribution < -0.4 is 4.74 Å². The van der Waals surface area contributed by atoms with Crippen LogP contribution in [0.2, 0.25) is 0 Å². The van der Waals surface area contributed by atoms with Gasteiger partial charge in [0.1, 0.15) is 11.6 Å². The lowest BCUT2D eigenvalue weighted by atomic mass is 10.1. The zero-order valence-electron chi connectivity index (χ0n) is 6.64. The molecular weight excluding hydrogens is 239 g/mol. The van der Waals surface area contributed by atoms with Crippen LogP contribution in [0.15, 0.2) is 16.6 Å². The summed E-state index contributed by atoms with van der Waals surface area (Å²) in [5.74, 6) is -0.0772. The summed E-state index contributed by atoms with van der Waals surface area (Å²) in [5, 5.41) is 0. The van der Waals surface area contributed by atoms with Crippen molar-refractivity contribution in [3.8, 4) is 5.75 Å². The fourth-order valence-electron chi connectivity index (χ4n) is 1.27. The number of halogens is 2. The minimum absolute atomic E-state index is 0.00181. The molecule has 1 heterocycles. The molecule has 0 amide bonds. The summed E-state index contributed by atoms with van der Waals surface area (Å²) in [5.41, 5.74) is 0.458. The third-order valence-electron chi connectivity index (χ3n) is 1.93. The van der Waals surface area contributed by atoms with E-state index in [0.29, 0.717) is 24.3 Å². The second-order valence-corrected chi connectivity index (χ2v) is 3.55. The van der Waals surface area contributed by atoms with Crippen molar-refractivity contribution in [1.29, 1.82) is 0 Å². The molecule has 68 valence electrons. The Labute approximate surface area is 82.8 Å². The maximum Gasteiger partial charge on any atom is 0.170 e. The van der Waals surface area contributed by atoms with Crippen molar-refractivity contribution < 1.29 is 13.9 Å². The average Bonchev–Trinajstić information content (AvgIpc) is 2.12. The van der Waals surface area contributed by atoms with Gasteiger partial charge in [-0.05, 0) is 28.1 Å². The second kappa shape index (κ2) is 3.10. The lowest BCUT2D eigenvalue weighted by Gasteiger charge is -2.17. The van der Waals surface area contributed by atoms with E-state index in [1.807, 2.05) is 0 Å². The highest BCUT2D eigenvalue weighted by Gasteiger charge is 2.22. The van der Waals surface area contributed by atoms with E-state index in [4.69, 9.17) is 4.74 Å². The second-order valence-electron chi connectivity index (χ2n) is 2.76. The molecule has 0 saturated heterocycles. The van der Waals surface area contributed by atoms with Gasteiger partial charge < -0.3 is 4.74 Å². The Hall–Kier alpha value is -0.900. The molecule has 0 radical (unpaired) electrons. The molecule has 4 heteroatoms. The van der Waals surface area contributed by atoms with Gasteiger partial charge in [-0.3, -0.25) is 4.79 Å². The third-order valence-corrected chi connectivity index (χ3v) is 2.66. The highest BCUT2D eigenvalue weighted by Crippen LogP contribution is 2.34. The number of rotatable bonds is 0. The topological polar surface area (TPSA) is 26.3 Å². The van der Waals surface area contributed by atoms with Crippen molar-refractivity contribution in [2.24, 2.45) is 0 Å². The van der Waals surface area contributed by atoms with Gasteiger partial charge >= 0.3 is 0 Å². The predicted molar refractivity (Wildman–Crippen MR) is 48.5 cm³/mol. The molecule has 2 nitrogen and oxygen atoms in total. The Morgan fingerprint density at radius 2 is 2.23 bits per heavy atom. The SMILES string of the molecule is O=C1CCOc2c1ccc(F)c2Br. The Morgan fingerprint density at radius 3 is 3.00 bits per heavy atom. The van der Waals surface area contributed by atoms with Gasteiger partial charge in [-0.2, -0.15) is 0 Å². The van der Waals surface area contributed by atoms with Crippen LogP contribution in [0.1, 0.15) is 16.8 Å². The average molecular weight is 245 g/mol.